The van der Waals surface area contributed by atoms with Gasteiger partial charge < -0.3 is 9.88 Å². The fraction of sp³-hybridized carbons (Fsp3) is 0.480. The molecule has 5 heterocycles. The van der Waals surface area contributed by atoms with E-state index in [1.54, 1.807) is 17.0 Å². The highest BCUT2D eigenvalue weighted by Gasteiger charge is 2.29. The molecule has 1 aliphatic heterocycles. The van der Waals surface area contributed by atoms with Gasteiger partial charge in [0.05, 0.1) is 17.4 Å². The number of piperazine rings is 1. The topological polar surface area (TPSA) is 65.3 Å². The molecule has 7 nitrogen and oxygen atoms in total. The summed E-state index contributed by atoms with van der Waals surface area (Å²) < 4.78 is 18.0. The first-order valence-electron chi connectivity index (χ1n) is 11.8. The first-order chi connectivity index (χ1) is 15.8. The highest BCUT2D eigenvalue weighted by Crippen LogP contribution is 2.40. The van der Waals surface area contributed by atoms with E-state index >= 15 is 4.39 Å². The molecule has 0 spiro atoms. The number of nitrogens with zero attached hydrogens (tertiary/aromatic N) is 6. The Morgan fingerprint density at radius 3 is 2.67 bits per heavy atom. The van der Waals surface area contributed by atoms with Crippen LogP contribution < -0.4 is 4.90 Å². The Labute approximate surface area is 193 Å². The molecule has 5 rings (SSSR count). The van der Waals surface area contributed by atoms with Gasteiger partial charge >= 0.3 is 0 Å². The van der Waals surface area contributed by atoms with Gasteiger partial charge in [-0.3, -0.25) is 4.90 Å². The number of halogens is 1. The maximum absolute atomic E-state index is 16.2. The van der Waals surface area contributed by atoms with E-state index in [1.807, 2.05) is 6.20 Å². The predicted octanol–water partition coefficient (Wildman–Crippen LogP) is 4.68. The standard InChI is InChI=1S/C25H32FN7/c1-7-31-8-9-32(15(4)11-31)25-22(26)21-19(10-27-25)30-23(20(21)14(2)3)18-12-33-24(28-13-29-33)17(6)16(18)5/h10,12-15,30H,7-9,11H2,1-6H3/t15-/m1/s1. The molecule has 33 heavy (non-hydrogen) atoms. The molecule has 0 aliphatic carbocycles. The van der Waals surface area contributed by atoms with Gasteiger partial charge in [-0.15, -0.1) is 0 Å². The van der Waals surface area contributed by atoms with Crippen molar-refractivity contribution >= 4 is 22.4 Å². The van der Waals surface area contributed by atoms with E-state index in [-0.39, 0.29) is 17.8 Å². The van der Waals surface area contributed by atoms with Crippen LogP contribution in [0, 0.1) is 19.7 Å². The quantitative estimate of drug-likeness (QED) is 0.490. The van der Waals surface area contributed by atoms with Crippen LogP contribution in [0.5, 0.6) is 0 Å². The molecule has 1 aliphatic rings. The number of aromatic amines is 1. The van der Waals surface area contributed by atoms with Crippen molar-refractivity contribution in [2.24, 2.45) is 0 Å². The number of rotatable bonds is 4. The monoisotopic (exact) mass is 449 g/mol. The number of nitrogens with one attached hydrogen (secondary N) is 1. The van der Waals surface area contributed by atoms with Crippen LogP contribution in [-0.2, 0) is 0 Å². The van der Waals surface area contributed by atoms with Crippen LogP contribution in [-0.4, -0.2) is 61.7 Å². The van der Waals surface area contributed by atoms with Gasteiger partial charge in [-0.2, -0.15) is 5.10 Å². The minimum atomic E-state index is -0.230. The lowest BCUT2D eigenvalue weighted by Gasteiger charge is -2.40. The van der Waals surface area contributed by atoms with Crippen LogP contribution in [0.3, 0.4) is 0 Å². The van der Waals surface area contributed by atoms with E-state index in [2.05, 4.69) is 71.4 Å². The Hall–Kier alpha value is -3.00. The highest BCUT2D eigenvalue weighted by atomic mass is 19.1. The van der Waals surface area contributed by atoms with Gasteiger partial charge in [-0.1, -0.05) is 20.8 Å². The van der Waals surface area contributed by atoms with Gasteiger partial charge in [0, 0.05) is 42.8 Å². The maximum Gasteiger partial charge on any atom is 0.175 e. The molecule has 0 unspecified atom stereocenters. The molecule has 1 N–H and O–H groups in total. The molecule has 0 radical (unpaired) electrons. The van der Waals surface area contributed by atoms with Gasteiger partial charge in [0.25, 0.3) is 0 Å². The predicted molar refractivity (Wildman–Crippen MR) is 131 cm³/mol. The lowest BCUT2D eigenvalue weighted by Crippen LogP contribution is -2.52. The Bertz CT molecular complexity index is 1340. The molecule has 1 fully saturated rings. The number of anilines is 1. The largest absolute Gasteiger partial charge is 0.353 e. The van der Waals surface area contributed by atoms with E-state index in [0.717, 1.165) is 65.3 Å². The number of aromatic nitrogens is 5. The third-order valence-corrected chi connectivity index (χ3v) is 7.20. The molecule has 1 saturated heterocycles. The van der Waals surface area contributed by atoms with Crippen molar-refractivity contribution < 1.29 is 4.39 Å². The van der Waals surface area contributed by atoms with Crippen molar-refractivity contribution in [2.75, 3.05) is 31.1 Å². The van der Waals surface area contributed by atoms with Gasteiger partial charge in [-0.05, 0) is 49.9 Å². The summed E-state index contributed by atoms with van der Waals surface area (Å²) in [5, 5.41) is 4.99. The average molecular weight is 450 g/mol. The van der Waals surface area contributed by atoms with Crippen LogP contribution in [0.15, 0.2) is 18.7 Å². The first kappa shape index (κ1) is 21.8. The minimum Gasteiger partial charge on any atom is -0.353 e. The Kier molecular flexibility index (Phi) is 5.35. The zero-order valence-corrected chi connectivity index (χ0v) is 20.3. The lowest BCUT2D eigenvalue weighted by atomic mass is 9.94. The zero-order valence-electron chi connectivity index (χ0n) is 20.3. The minimum absolute atomic E-state index is 0.124. The zero-order chi connectivity index (χ0) is 23.4. The third-order valence-electron chi connectivity index (χ3n) is 7.20. The number of likely N-dealkylation sites (N-methyl/N-ethyl adjacent to an activating group) is 1. The smallest absolute Gasteiger partial charge is 0.175 e. The SMILES string of the molecule is CCN1CCN(c2ncc3[nH]c(-c4cn5ncnc5c(C)c4C)c(C(C)C)c3c2F)[C@H](C)C1. The summed E-state index contributed by atoms with van der Waals surface area (Å²) in [5.41, 5.74) is 6.67. The van der Waals surface area contributed by atoms with Crippen LogP contribution in [0.1, 0.15) is 50.3 Å². The van der Waals surface area contributed by atoms with E-state index in [9.17, 15) is 0 Å². The molecular formula is C25H32FN7. The Morgan fingerprint density at radius 2 is 1.97 bits per heavy atom. The summed E-state index contributed by atoms with van der Waals surface area (Å²) in [6.45, 7) is 16.3. The summed E-state index contributed by atoms with van der Waals surface area (Å²) in [7, 11) is 0. The van der Waals surface area contributed by atoms with Crippen LogP contribution in [0.2, 0.25) is 0 Å². The molecule has 4 aromatic rings. The van der Waals surface area contributed by atoms with Crippen molar-refractivity contribution in [3.63, 3.8) is 0 Å². The number of hydrogen-bond donors (Lipinski definition) is 1. The van der Waals surface area contributed by atoms with E-state index in [4.69, 9.17) is 0 Å². The lowest BCUT2D eigenvalue weighted by molar-refractivity contribution is 0.238. The van der Waals surface area contributed by atoms with Crippen molar-refractivity contribution in [1.82, 2.24) is 29.5 Å². The second kappa shape index (κ2) is 8.09. The fourth-order valence-corrected chi connectivity index (χ4v) is 5.24. The number of pyridine rings is 2. The molecule has 1 atom stereocenters. The molecule has 174 valence electrons. The van der Waals surface area contributed by atoms with Gasteiger partial charge in [0.1, 0.15) is 6.33 Å². The van der Waals surface area contributed by atoms with Gasteiger partial charge in [0.2, 0.25) is 0 Å². The molecule has 0 bridgehead atoms. The Morgan fingerprint density at radius 1 is 1.18 bits per heavy atom. The van der Waals surface area contributed by atoms with E-state index in [0.29, 0.717) is 11.2 Å². The van der Waals surface area contributed by atoms with Crippen molar-refractivity contribution in [3.8, 4) is 11.3 Å². The summed E-state index contributed by atoms with van der Waals surface area (Å²) >= 11 is 0. The van der Waals surface area contributed by atoms with E-state index in [1.165, 1.54) is 0 Å². The summed E-state index contributed by atoms with van der Waals surface area (Å²) in [6, 6.07) is 0.207. The van der Waals surface area contributed by atoms with Crippen LogP contribution in [0.25, 0.3) is 27.8 Å². The number of aryl methyl sites for hydroxylation is 1. The number of fused-ring (bicyclic) bond motifs is 2. The summed E-state index contributed by atoms with van der Waals surface area (Å²) in [5.74, 6) is 0.351. The van der Waals surface area contributed by atoms with Crippen molar-refractivity contribution in [2.45, 2.75) is 53.5 Å². The third kappa shape index (κ3) is 3.39. The van der Waals surface area contributed by atoms with Crippen LogP contribution >= 0.6 is 0 Å². The summed E-state index contributed by atoms with van der Waals surface area (Å²) in [4.78, 5) is 17.0. The molecule has 8 heteroatoms. The van der Waals surface area contributed by atoms with Gasteiger partial charge in [-0.25, -0.2) is 18.9 Å². The van der Waals surface area contributed by atoms with Crippen LogP contribution in [0.4, 0.5) is 10.2 Å². The molecule has 0 saturated carbocycles. The average Bonchev–Trinajstić information content (AvgIpc) is 3.42. The van der Waals surface area contributed by atoms with Gasteiger partial charge in [0.15, 0.2) is 17.3 Å². The Balaban J connectivity index is 1.70. The second-order valence-electron chi connectivity index (χ2n) is 9.51. The first-order valence-corrected chi connectivity index (χ1v) is 11.8. The maximum atomic E-state index is 16.2. The van der Waals surface area contributed by atoms with Crippen molar-refractivity contribution in [1.29, 1.82) is 0 Å². The molecular weight excluding hydrogens is 417 g/mol. The molecule has 4 aromatic heterocycles. The highest BCUT2D eigenvalue weighted by molar-refractivity contribution is 5.94. The number of H-pyrrole nitrogens is 1. The summed E-state index contributed by atoms with van der Waals surface area (Å²) in [6.07, 6.45) is 5.34. The molecule has 0 amide bonds. The van der Waals surface area contributed by atoms with E-state index < -0.39 is 0 Å². The van der Waals surface area contributed by atoms with Crippen molar-refractivity contribution in [3.05, 3.63) is 41.2 Å². The second-order valence-corrected chi connectivity index (χ2v) is 9.51. The molecule has 0 aromatic carbocycles. The fourth-order valence-electron chi connectivity index (χ4n) is 5.24. The normalized spacial score (nSPS) is 17.7. The number of hydrogen-bond acceptors (Lipinski definition) is 5.